The minimum Gasteiger partial charge on any atom is -0.489 e. The first-order chi connectivity index (χ1) is 22.3. The quantitative estimate of drug-likeness (QED) is 0.220. The molecule has 9 unspecified atom stereocenters. The van der Waals surface area contributed by atoms with Crippen LogP contribution in [0.2, 0.25) is 0 Å². The first-order valence-corrected chi connectivity index (χ1v) is 16.9. The van der Waals surface area contributed by atoms with Crippen molar-refractivity contribution in [2.24, 2.45) is 34.5 Å². The van der Waals surface area contributed by atoms with Crippen LogP contribution in [0.4, 0.5) is 17.6 Å². The summed E-state index contributed by atoms with van der Waals surface area (Å²) in [7, 11) is 0. The van der Waals surface area contributed by atoms with E-state index in [4.69, 9.17) is 4.74 Å². The second-order valence-electron chi connectivity index (χ2n) is 13.9. The van der Waals surface area contributed by atoms with E-state index in [1.807, 2.05) is 0 Å². The number of alkyl halides is 3. The number of ether oxygens (including phenoxy) is 1. The largest absolute Gasteiger partial charge is 0.489 e. The van der Waals surface area contributed by atoms with Gasteiger partial charge in [-0.3, -0.25) is 9.59 Å². The molecule has 4 aliphatic rings. The number of carbonyl (C=O) groups excluding carboxylic acids is 2. The van der Waals surface area contributed by atoms with Gasteiger partial charge < -0.3 is 15.1 Å². The average Bonchev–Trinajstić information content (AvgIpc) is 3.31. The predicted molar refractivity (Wildman–Crippen MR) is 169 cm³/mol. The third-order valence-corrected chi connectivity index (χ3v) is 12.0. The molecule has 4 aliphatic carbocycles. The highest BCUT2D eigenvalue weighted by Gasteiger charge is 2.73. The first-order valence-electron chi connectivity index (χ1n) is 15.9. The third-order valence-electron chi connectivity index (χ3n) is 11.3. The molecule has 0 amide bonds. The van der Waals surface area contributed by atoms with E-state index in [1.54, 1.807) is 43.3 Å². The van der Waals surface area contributed by atoms with Crippen LogP contribution in [0.1, 0.15) is 44.2 Å². The molecule has 0 aliphatic heterocycles. The van der Waals surface area contributed by atoms with Crippen LogP contribution >= 0.6 is 11.8 Å². The molecule has 0 aromatic heterocycles. The highest BCUT2D eigenvalue weighted by molar-refractivity contribution is 8.13. The minimum atomic E-state index is -2.29. The fourth-order valence-electron chi connectivity index (χ4n) is 9.16. The fraction of sp³-hybridized carbons (Fsp3) is 0.500. The van der Waals surface area contributed by atoms with Crippen LogP contribution < -0.4 is 4.74 Å². The van der Waals surface area contributed by atoms with Gasteiger partial charge in [0.2, 0.25) is 0 Å². The number of aliphatic hydroxyl groups is 1. The number of allylic oxidation sites excluding steroid dienone is 4. The van der Waals surface area contributed by atoms with Crippen LogP contribution in [-0.2, 0) is 22.7 Å². The summed E-state index contributed by atoms with van der Waals surface area (Å²) in [5, 5.41) is 23.3. The Bertz CT molecular complexity index is 1570. The third kappa shape index (κ3) is 5.87. The van der Waals surface area contributed by atoms with Crippen molar-refractivity contribution in [2.75, 3.05) is 12.6 Å². The van der Waals surface area contributed by atoms with E-state index < -0.39 is 69.4 Å². The maximum Gasteiger partial charge on any atom is 0.195 e. The molecule has 0 heterocycles. The number of hydrogen-bond acceptors (Lipinski definition) is 7. The second-order valence-corrected chi connectivity index (χ2v) is 14.8. The van der Waals surface area contributed by atoms with Gasteiger partial charge in [0.15, 0.2) is 16.6 Å². The lowest BCUT2D eigenvalue weighted by Crippen LogP contribution is -2.68. The maximum absolute atomic E-state index is 17.5. The molecule has 47 heavy (non-hydrogen) atoms. The summed E-state index contributed by atoms with van der Waals surface area (Å²) in [6.45, 7) is 3.70. The summed E-state index contributed by atoms with van der Waals surface area (Å²) < 4.78 is 65.8. The summed E-state index contributed by atoms with van der Waals surface area (Å²) in [5.74, 6) is -3.01. The van der Waals surface area contributed by atoms with Crippen molar-refractivity contribution >= 4 is 22.7 Å². The summed E-state index contributed by atoms with van der Waals surface area (Å²) in [6.07, 6.45) is 0.482. The molecule has 2 N–H and O–H groups in total. The number of fused-ring (bicyclic) bond motifs is 5. The van der Waals surface area contributed by atoms with Gasteiger partial charge in [0.1, 0.15) is 30.4 Å². The lowest BCUT2D eigenvalue weighted by atomic mass is 9.45. The van der Waals surface area contributed by atoms with Crippen molar-refractivity contribution in [1.29, 1.82) is 0 Å². The first kappa shape index (κ1) is 33.9. The Labute approximate surface area is 275 Å². The van der Waals surface area contributed by atoms with Crippen LogP contribution in [-0.4, -0.2) is 56.8 Å². The predicted octanol–water partition coefficient (Wildman–Crippen LogP) is 6.94. The van der Waals surface area contributed by atoms with Crippen molar-refractivity contribution in [1.82, 2.24) is 5.06 Å². The highest BCUT2D eigenvalue weighted by atomic mass is 32.2. The number of hydroxylamine groups is 2. The number of carbonyl (C=O) groups is 2. The van der Waals surface area contributed by atoms with Gasteiger partial charge in [-0.15, -0.1) is 0 Å². The Morgan fingerprint density at radius 2 is 1.74 bits per heavy atom. The Balaban J connectivity index is 1.20. The monoisotopic (exact) mass is 673 g/mol. The molecular formula is C36H39F4NO5S. The van der Waals surface area contributed by atoms with Crippen LogP contribution in [0.25, 0.3) is 0 Å². The van der Waals surface area contributed by atoms with Gasteiger partial charge in [0, 0.05) is 30.3 Å². The van der Waals surface area contributed by atoms with Gasteiger partial charge in [-0.1, -0.05) is 49.0 Å². The van der Waals surface area contributed by atoms with E-state index >= 15 is 8.78 Å². The minimum absolute atomic E-state index is 0.0231. The molecule has 2 aromatic rings. The van der Waals surface area contributed by atoms with Crippen LogP contribution in [0.3, 0.4) is 0 Å². The van der Waals surface area contributed by atoms with Gasteiger partial charge in [-0.2, -0.15) is 5.06 Å². The molecule has 252 valence electrons. The number of ketones is 1. The van der Waals surface area contributed by atoms with Crippen molar-refractivity contribution < 1.29 is 42.2 Å². The molecule has 0 radical (unpaired) electrons. The number of hydrogen-bond donors (Lipinski definition) is 2. The van der Waals surface area contributed by atoms with E-state index in [0.29, 0.717) is 17.5 Å². The lowest BCUT2D eigenvalue weighted by molar-refractivity contribution is -0.201. The van der Waals surface area contributed by atoms with E-state index in [2.05, 4.69) is 0 Å². The molecule has 3 fully saturated rings. The topological polar surface area (TPSA) is 87.1 Å². The van der Waals surface area contributed by atoms with E-state index in [-0.39, 0.29) is 50.3 Å². The summed E-state index contributed by atoms with van der Waals surface area (Å²) in [5.41, 5.74) is -3.23. The van der Waals surface area contributed by atoms with Crippen molar-refractivity contribution in [3.63, 3.8) is 0 Å². The Kier molecular flexibility index (Phi) is 9.23. The molecule has 2 aromatic carbocycles. The maximum atomic E-state index is 17.5. The van der Waals surface area contributed by atoms with Gasteiger partial charge >= 0.3 is 0 Å². The number of rotatable bonds is 9. The summed E-state index contributed by atoms with van der Waals surface area (Å²) in [4.78, 5) is 25.6. The molecule has 11 heteroatoms. The number of benzene rings is 2. The zero-order valence-corrected chi connectivity index (χ0v) is 27.1. The molecule has 6 rings (SSSR count). The standard InChI is InChI=1S/C36H39F4NO5S/c1-34-16-31(43)36(40)28(15-30(39)29-14-25(42)11-12-35(29,36)2)27(34)13-23(32(34)33(44)47-20-37)18-41(45)17-21-5-9-26(10-6-21)46-19-22-3-7-24(38)8-4-22/h3-12,14,23,27-28,30-32,43,45H,13,15-20H2,1-2H3. The molecule has 0 spiro atoms. The van der Waals surface area contributed by atoms with Gasteiger partial charge in [-0.25, -0.2) is 17.6 Å². The summed E-state index contributed by atoms with van der Waals surface area (Å²) >= 11 is 0.525. The number of aliphatic hydroxyl groups excluding tert-OH is 1. The van der Waals surface area contributed by atoms with Gasteiger partial charge in [-0.05, 0) is 96.6 Å². The number of thioether (sulfide) groups is 1. The van der Waals surface area contributed by atoms with E-state index in [0.717, 1.165) is 22.3 Å². The number of nitrogens with zero attached hydrogens (tertiary/aromatic N) is 1. The normalized spacial score (nSPS) is 36.0. The highest BCUT2D eigenvalue weighted by Crippen LogP contribution is 2.70. The molecular weight excluding hydrogens is 634 g/mol. The fourth-order valence-corrected chi connectivity index (χ4v) is 9.90. The zero-order valence-electron chi connectivity index (χ0n) is 26.3. The van der Waals surface area contributed by atoms with Crippen LogP contribution in [0, 0.1) is 40.3 Å². The second kappa shape index (κ2) is 12.8. The molecule has 6 nitrogen and oxygen atoms in total. The zero-order chi connectivity index (χ0) is 33.7. The SMILES string of the molecule is CC12CC(O)C3(F)C(CC(F)C4=CC(=O)C=CC43C)C1CC(CN(O)Cc1ccc(OCc3ccc(F)cc3)cc1)C2C(=O)SCF. The summed E-state index contributed by atoms with van der Waals surface area (Å²) in [6, 6.07) is 12.1. The van der Waals surface area contributed by atoms with Crippen LogP contribution in [0.15, 0.2) is 72.3 Å². The van der Waals surface area contributed by atoms with Crippen LogP contribution in [0.5, 0.6) is 5.75 Å². The van der Waals surface area contributed by atoms with Crippen molar-refractivity contribution in [3.05, 3.63) is 89.3 Å². The van der Waals surface area contributed by atoms with E-state index in [1.165, 1.54) is 31.2 Å². The Morgan fingerprint density at radius 3 is 2.43 bits per heavy atom. The van der Waals surface area contributed by atoms with Crippen molar-refractivity contribution in [3.8, 4) is 5.75 Å². The molecule has 9 atom stereocenters. The lowest BCUT2D eigenvalue weighted by Gasteiger charge is -2.62. The molecule has 3 saturated carbocycles. The molecule has 0 saturated heterocycles. The van der Waals surface area contributed by atoms with E-state index in [9.17, 15) is 28.7 Å². The number of halogens is 4. The Morgan fingerprint density at radius 1 is 1.06 bits per heavy atom. The van der Waals surface area contributed by atoms with Gasteiger partial charge in [0.25, 0.3) is 0 Å². The Hall–Kier alpha value is -2.99. The smallest absolute Gasteiger partial charge is 0.195 e. The van der Waals surface area contributed by atoms with Gasteiger partial charge in [0.05, 0.1) is 6.10 Å². The average molecular weight is 674 g/mol. The van der Waals surface area contributed by atoms with Crippen molar-refractivity contribution in [2.45, 2.75) is 64.2 Å². The molecule has 0 bridgehead atoms.